The lowest BCUT2D eigenvalue weighted by Gasteiger charge is -2.36. The van der Waals surface area contributed by atoms with E-state index in [2.05, 4.69) is 15.1 Å². The number of nitrogens with zero attached hydrogens (tertiary/aromatic N) is 6. The molecular formula is C20H14Cl2N6O. The zero-order valence-corrected chi connectivity index (χ0v) is 16.8. The molecule has 9 heteroatoms. The second-order valence-electron chi connectivity index (χ2n) is 6.71. The lowest BCUT2D eigenvalue weighted by atomic mass is 10.1. The van der Waals surface area contributed by atoms with Crippen molar-refractivity contribution in [2.45, 2.75) is 6.54 Å². The molecule has 0 spiro atoms. The fourth-order valence-corrected chi connectivity index (χ4v) is 3.72. The van der Waals surface area contributed by atoms with Gasteiger partial charge in [0, 0.05) is 41.1 Å². The Morgan fingerprint density at radius 1 is 1.03 bits per heavy atom. The van der Waals surface area contributed by atoms with Crippen LogP contribution in [-0.2, 0) is 13.6 Å². The van der Waals surface area contributed by atoms with Crippen molar-refractivity contribution in [1.29, 1.82) is 0 Å². The van der Waals surface area contributed by atoms with E-state index in [9.17, 15) is 4.79 Å². The van der Waals surface area contributed by atoms with Crippen LogP contribution >= 0.6 is 23.2 Å². The minimum atomic E-state index is -0.238. The Morgan fingerprint density at radius 2 is 1.79 bits per heavy atom. The average molecular weight is 425 g/mol. The van der Waals surface area contributed by atoms with E-state index in [4.69, 9.17) is 23.2 Å². The summed E-state index contributed by atoms with van der Waals surface area (Å²) in [5.74, 6) is 0.469. The van der Waals surface area contributed by atoms with Crippen molar-refractivity contribution in [2.75, 3.05) is 9.80 Å². The predicted molar refractivity (Wildman–Crippen MR) is 113 cm³/mol. The molecule has 0 fully saturated rings. The minimum absolute atomic E-state index is 0.0840. The van der Waals surface area contributed by atoms with Gasteiger partial charge >= 0.3 is 6.03 Å². The number of fused-ring (bicyclic) bond motifs is 2. The molecule has 0 bridgehead atoms. The first-order valence-electron chi connectivity index (χ1n) is 8.81. The van der Waals surface area contributed by atoms with Crippen LogP contribution in [0.3, 0.4) is 0 Å². The zero-order chi connectivity index (χ0) is 20.1. The van der Waals surface area contributed by atoms with Crippen LogP contribution in [-0.4, -0.2) is 25.8 Å². The molecule has 2 aromatic heterocycles. The van der Waals surface area contributed by atoms with Crippen LogP contribution in [0.25, 0.3) is 10.9 Å². The van der Waals surface area contributed by atoms with E-state index < -0.39 is 0 Å². The molecule has 1 aliphatic rings. The summed E-state index contributed by atoms with van der Waals surface area (Å²) in [6.45, 7) is 0.335. The van der Waals surface area contributed by atoms with E-state index in [0.717, 1.165) is 22.2 Å². The van der Waals surface area contributed by atoms with Gasteiger partial charge in [-0.05, 0) is 54.1 Å². The third kappa shape index (κ3) is 3.08. The zero-order valence-electron chi connectivity index (χ0n) is 15.3. The highest BCUT2D eigenvalue weighted by molar-refractivity contribution is 6.30. The Kier molecular flexibility index (Phi) is 4.15. The Hall–Kier alpha value is -3.16. The first-order valence-corrected chi connectivity index (χ1v) is 9.57. The van der Waals surface area contributed by atoms with Gasteiger partial charge in [0.25, 0.3) is 0 Å². The lowest BCUT2D eigenvalue weighted by Crippen LogP contribution is -2.45. The smallest absolute Gasteiger partial charge is 0.289 e. The Labute approximate surface area is 176 Å². The topological polar surface area (TPSA) is 67.2 Å². The van der Waals surface area contributed by atoms with Crippen molar-refractivity contribution < 1.29 is 4.79 Å². The number of carbonyl (C=O) groups excluding carboxylic acids is 1. The Morgan fingerprint density at radius 3 is 2.59 bits per heavy atom. The second kappa shape index (κ2) is 6.72. The Bertz CT molecular complexity index is 1250. The second-order valence-corrected chi connectivity index (χ2v) is 7.49. The molecule has 0 atom stereocenters. The number of aryl methyl sites for hydroxylation is 1. The van der Waals surface area contributed by atoms with E-state index in [0.29, 0.717) is 23.1 Å². The number of aromatic nitrogens is 4. The summed E-state index contributed by atoms with van der Waals surface area (Å²) in [6, 6.07) is 12.5. The molecule has 2 amide bonds. The molecule has 7 nitrogen and oxygen atoms in total. The number of amides is 2. The van der Waals surface area contributed by atoms with Gasteiger partial charge in [-0.15, -0.1) is 0 Å². The number of benzene rings is 2. The van der Waals surface area contributed by atoms with Crippen LogP contribution in [0.1, 0.15) is 5.56 Å². The molecule has 3 heterocycles. The SMILES string of the molecule is Cn1cc2cc(N3Cc4cnc(Cl)nc4N(c4ccc(Cl)cc4)C3=O)ccc2n1. The van der Waals surface area contributed by atoms with Crippen LogP contribution < -0.4 is 9.80 Å². The molecule has 0 unspecified atom stereocenters. The standard InChI is InChI=1S/C20H14Cl2N6O/c1-26-10-12-8-16(6-7-17(12)25-26)27-11-13-9-23-19(22)24-18(13)28(20(27)29)15-4-2-14(21)3-5-15/h2-10H,11H2,1H3. The Balaban J connectivity index is 1.65. The number of rotatable bonds is 2. The molecule has 29 heavy (non-hydrogen) atoms. The van der Waals surface area contributed by atoms with E-state index in [1.807, 2.05) is 31.4 Å². The normalized spacial score (nSPS) is 13.8. The number of hydrogen-bond acceptors (Lipinski definition) is 4. The third-order valence-electron chi connectivity index (χ3n) is 4.77. The molecule has 5 rings (SSSR count). The first kappa shape index (κ1) is 17.9. The van der Waals surface area contributed by atoms with Crippen molar-refractivity contribution in [3.8, 4) is 0 Å². The van der Waals surface area contributed by atoms with Gasteiger partial charge in [0.15, 0.2) is 5.82 Å². The lowest BCUT2D eigenvalue weighted by molar-refractivity contribution is 0.252. The molecular weight excluding hydrogens is 411 g/mol. The van der Waals surface area contributed by atoms with Crippen LogP contribution in [0, 0.1) is 0 Å². The summed E-state index contributed by atoms with van der Waals surface area (Å²) in [4.78, 5) is 25.1. The van der Waals surface area contributed by atoms with Gasteiger partial charge in [0.2, 0.25) is 5.28 Å². The minimum Gasteiger partial charge on any atom is -0.289 e. The van der Waals surface area contributed by atoms with Crippen molar-refractivity contribution in [1.82, 2.24) is 19.7 Å². The number of halogens is 2. The molecule has 0 saturated heterocycles. The molecule has 0 saturated carbocycles. The van der Waals surface area contributed by atoms with Crippen LogP contribution in [0.4, 0.5) is 22.0 Å². The van der Waals surface area contributed by atoms with Crippen LogP contribution in [0.2, 0.25) is 10.3 Å². The van der Waals surface area contributed by atoms with Gasteiger partial charge < -0.3 is 0 Å². The summed E-state index contributed by atoms with van der Waals surface area (Å²) in [7, 11) is 1.87. The van der Waals surface area contributed by atoms with Gasteiger partial charge in [0.05, 0.1) is 17.7 Å². The highest BCUT2D eigenvalue weighted by Gasteiger charge is 2.34. The molecule has 0 aliphatic carbocycles. The highest BCUT2D eigenvalue weighted by atomic mass is 35.5. The predicted octanol–water partition coefficient (Wildman–Crippen LogP) is 4.95. The fraction of sp³-hybridized carbons (Fsp3) is 0.100. The summed E-state index contributed by atoms with van der Waals surface area (Å²) < 4.78 is 1.75. The molecule has 4 aromatic rings. The van der Waals surface area contributed by atoms with Gasteiger partial charge in [-0.1, -0.05) is 11.6 Å². The summed E-state index contributed by atoms with van der Waals surface area (Å²) in [5, 5.41) is 6.01. The van der Waals surface area contributed by atoms with Gasteiger partial charge in [-0.3, -0.25) is 9.58 Å². The van der Waals surface area contributed by atoms with Gasteiger partial charge in [0.1, 0.15) is 0 Å². The average Bonchev–Trinajstić information content (AvgIpc) is 3.08. The first-order chi connectivity index (χ1) is 14.0. The summed E-state index contributed by atoms with van der Waals surface area (Å²) in [6.07, 6.45) is 3.57. The van der Waals surface area contributed by atoms with Crippen molar-refractivity contribution in [3.05, 3.63) is 70.7 Å². The van der Waals surface area contributed by atoms with Crippen molar-refractivity contribution in [2.24, 2.45) is 7.05 Å². The maximum absolute atomic E-state index is 13.5. The third-order valence-corrected chi connectivity index (χ3v) is 5.21. The monoisotopic (exact) mass is 424 g/mol. The highest BCUT2D eigenvalue weighted by Crippen LogP contribution is 2.36. The van der Waals surface area contributed by atoms with Crippen molar-refractivity contribution in [3.63, 3.8) is 0 Å². The molecule has 0 radical (unpaired) electrons. The molecule has 2 aromatic carbocycles. The summed E-state index contributed by atoms with van der Waals surface area (Å²) >= 11 is 12.0. The largest absolute Gasteiger partial charge is 0.335 e. The van der Waals surface area contributed by atoms with Crippen LogP contribution in [0.5, 0.6) is 0 Å². The maximum Gasteiger partial charge on any atom is 0.335 e. The fourth-order valence-electron chi connectivity index (χ4n) is 3.46. The quantitative estimate of drug-likeness (QED) is 0.427. The van der Waals surface area contributed by atoms with Gasteiger partial charge in [-0.2, -0.15) is 10.1 Å². The van der Waals surface area contributed by atoms with Crippen molar-refractivity contribution >= 4 is 57.3 Å². The number of hydrogen-bond donors (Lipinski definition) is 0. The summed E-state index contributed by atoms with van der Waals surface area (Å²) in [5.41, 5.74) is 3.05. The van der Waals surface area contributed by atoms with Gasteiger partial charge in [-0.25, -0.2) is 14.7 Å². The van der Waals surface area contributed by atoms with E-state index in [1.54, 1.807) is 40.0 Å². The van der Waals surface area contributed by atoms with E-state index >= 15 is 0 Å². The molecule has 0 N–H and O–H groups in total. The molecule has 144 valence electrons. The maximum atomic E-state index is 13.5. The molecule has 1 aliphatic heterocycles. The van der Waals surface area contributed by atoms with E-state index in [-0.39, 0.29) is 11.3 Å². The number of carbonyl (C=O) groups is 1. The number of anilines is 3. The van der Waals surface area contributed by atoms with Crippen LogP contribution in [0.15, 0.2) is 54.9 Å². The van der Waals surface area contributed by atoms with E-state index in [1.165, 1.54) is 4.90 Å². The number of urea groups is 1.